The second-order valence-electron chi connectivity index (χ2n) is 5.50. The normalized spacial score (nSPS) is 10.9. The number of pyridine rings is 1. The van der Waals surface area contributed by atoms with E-state index < -0.39 is 0 Å². The van der Waals surface area contributed by atoms with Crippen molar-refractivity contribution < 1.29 is 4.74 Å². The van der Waals surface area contributed by atoms with Crippen LogP contribution in [0.25, 0.3) is 0 Å². The first kappa shape index (κ1) is 15.5. The number of benzene rings is 1. The molecular weight excluding hydrogens is 260 g/mol. The van der Waals surface area contributed by atoms with Crippen LogP contribution in [0.3, 0.4) is 0 Å². The van der Waals surface area contributed by atoms with Crippen LogP contribution >= 0.6 is 0 Å². The van der Waals surface area contributed by atoms with E-state index in [1.807, 2.05) is 19.1 Å². The van der Waals surface area contributed by atoms with Gasteiger partial charge in [0.25, 0.3) is 0 Å². The molecule has 3 heteroatoms. The summed E-state index contributed by atoms with van der Waals surface area (Å²) in [6, 6.07) is 12.9. The molecule has 0 amide bonds. The van der Waals surface area contributed by atoms with Gasteiger partial charge in [0, 0.05) is 12.2 Å². The Morgan fingerprint density at radius 3 is 2.57 bits per heavy atom. The maximum absolute atomic E-state index is 5.91. The minimum absolute atomic E-state index is 0.520. The summed E-state index contributed by atoms with van der Waals surface area (Å²) in [7, 11) is 0. The molecule has 1 aromatic carbocycles. The minimum Gasteiger partial charge on any atom is -0.487 e. The lowest BCUT2D eigenvalue weighted by atomic mass is 10.1. The van der Waals surface area contributed by atoms with Gasteiger partial charge in [-0.1, -0.05) is 38.1 Å². The summed E-state index contributed by atoms with van der Waals surface area (Å²) in [5.41, 5.74) is 3.51. The molecular formula is C18H24N2O. The van der Waals surface area contributed by atoms with E-state index in [2.05, 4.69) is 48.4 Å². The lowest BCUT2D eigenvalue weighted by molar-refractivity contribution is 0.301. The van der Waals surface area contributed by atoms with Gasteiger partial charge in [-0.2, -0.15) is 0 Å². The summed E-state index contributed by atoms with van der Waals surface area (Å²) in [6.45, 7) is 7.87. The van der Waals surface area contributed by atoms with Crippen LogP contribution in [0.1, 0.15) is 30.7 Å². The molecule has 0 aliphatic carbocycles. The van der Waals surface area contributed by atoms with Crippen molar-refractivity contribution in [2.24, 2.45) is 0 Å². The molecule has 1 aromatic heterocycles. The van der Waals surface area contributed by atoms with E-state index >= 15 is 0 Å². The molecule has 0 bridgehead atoms. The fraction of sp³-hybridized carbons (Fsp3) is 0.389. The quantitative estimate of drug-likeness (QED) is 0.845. The summed E-state index contributed by atoms with van der Waals surface area (Å²) in [6.07, 6.45) is 2.80. The Morgan fingerprint density at radius 1 is 1.10 bits per heavy atom. The highest BCUT2D eigenvalue weighted by molar-refractivity contribution is 5.29. The first-order chi connectivity index (χ1) is 10.2. The first-order valence-electron chi connectivity index (χ1n) is 7.51. The number of nitrogens with one attached hydrogen (secondary N) is 1. The van der Waals surface area contributed by atoms with Gasteiger partial charge in [0.05, 0.1) is 5.69 Å². The van der Waals surface area contributed by atoms with E-state index in [9.17, 15) is 0 Å². The van der Waals surface area contributed by atoms with Gasteiger partial charge < -0.3 is 10.1 Å². The fourth-order valence-corrected chi connectivity index (χ4v) is 2.22. The van der Waals surface area contributed by atoms with E-state index in [1.54, 1.807) is 6.20 Å². The van der Waals surface area contributed by atoms with Crippen LogP contribution in [-0.2, 0) is 13.0 Å². The zero-order valence-corrected chi connectivity index (χ0v) is 13.1. The first-order valence-corrected chi connectivity index (χ1v) is 7.51. The highest BCUT2D eigenvalue weighted by Gasteiger charge is 2.05. The van der Waals surface area contributed by atoms with E-state index in [-0.39, 0.29) is 0 Å². The Morgan fingerprint density at radius 2 is 1.86 bits per heavy atom. The second-order valence-corrected chi connectivity index (χ2v) is 5.50. The van der Waals surface area contributed by atoms with Crippen LogP contribution in [0.5, 0.6) is 5.75 Å². The van der Waals surface area contributed by atoms with E-state index in [1.165, 1.54) is 11.1 Å². The van der Waals surface area contributed by atoms with Gasteiger partial charge in [-0.3, -0.25) is 4.98 Å². The lowest BCUT2D eigenvalue weighted by Gasteiger charge is -2.13. The van der Waals surface area contributed by atoms with Crippen molar-refractivity contribution in [2.75, 3.05) is 6.54 Å². The molecule has 21 heavy (non-hydrogen) atoms. The smallest absolute Gasteiger partial charge is 0.141 e. The van der Waals surface area contributed by atoms with Crippen LogP contribution < -0.4 is 10.1 Å². The van der Waals surface area contributed by atoms with Crippen molar-refractivity contribution >= 4 is 0 Å². The highest BCUT2D eigenvalue weighted by atomic mass is 16.5. The third-order valence-electron chi connectivity index (χ3n) is 3.41. The number of aromatic nitrogens is 1. The van der Waals surface area contributed by atoms with Gasteiger partial charge in [0.15, 0.2) is 0 Å². The predicted molar refractivity (Wildman–Crippen MR) is 86.6 cm³/mol. The third kappa shape index (κ3) is 4.87. The third-order valence-corrected chi connectivity index (χ3v) is 3.41. The van der Waals surface area contributed by atoms with E-state index in [0.29, 0.717) is 12.6 Å². The van der Waals surface area contributed by atoms with Crippen molar-refractivity contribution in [3.05, 3.63) is 59.4 Å². The second kappa shape index (κ2) is 7.79. The van der Waals surface area contributed by atoms with E-state index in [0.717, 1.165) is 24.4 Å². The average molecular weight is 284 g/mol. The van der Waals surface area contributed by atoms with Crippen molar-refractivity contribution in [1.29, 1.82) is 0 Å². The van der Waals surface area contributed by atoms with Crippen molar-refractivity contribution in [1.82, 2.24) is 10.3 Å². The summed E-state index contributed by atoms with van der Waals surface area (Å²) in [5, 5.41) is 3.45. The van der Waals surface area contributed by atoms with Gasteiger partial charge in [0.2, 0.25) is 0 Å². The molecule has 0 saturated carbocycles. The van der Waals surface area contributed by atoms with Crippen molar-refractivity contribution in [3.8, 4) is 5.75 Å². The summed E-state index contributed by atoms with van der Waals surface area (Å²) in [4.78, 5) is 4.25. The highest BCUT2D eigenvalue weighted by Crippen LogP contribution is 2.17. The number of hydrogen-bond acceptors (Lipinski definition) is 3. The van der Waals surface area contributed by atoms with Gasteiger partial charge in [-0.05, 0) is 43.1 Å². The Balaban J connectivity index is 1.98. The average Bonchev–Trinajstić information content (AvgIpc) is 2.47. The molecule has 1 N–H and O–H groups in total. The lowest BCUT2D eigenvalue weighted by Crippen LogP contribution is -2.25. The molecule has 2 aromatic rings. The summed E-state index contributed by atoms with van der Waals surface area (Å²) < 4.78 is 5.91. The molecule has 0 atom stereocenters. The number of nitrogens with zero attached hydrogens (tertiary/aromatic N) is 1. The SMILES string of the molecule is Cc1ncccc1OCc1ccccc1CCNC(C)C. The molecule has 1 heterocycles. The molecule has 0 fully saturated rings. The van der Waals surface area contributed by atoms with Crippen molar-refractivity contribution in [2.45, 2.75) is 39.8 Å². The molecule has 0 aliphatic rings. The Bertz CT molecular complexity index is 567. The Kier molecular flexibility index (Phi) is 5.76. The number of rotatable bonds is 7. The molecule has 0 saturated heterocycles. The maximum atomic E-state index is 5.91. The molecule has 112 valence electrons. The molecule has 0 aliphatic heterocycles. The molecule has 2 rings (SSSR count). The summed E-state index contributed by atoms with van der Waals surface area (Å²) in [5.74, 6) is 0.854. The zero-order chi connectivity index (χ0) is 15.1. The molecule has 0 spiro atoms. The number of hydrogen-bond donors (Lipinski definition) is 1. The van der Waals surface area contributed by atoms with Crippen LogP contribution in [-0.4, -0.2) is 17.6 Å². The van der Waals surface area contributed by atoms with Gasteiger partial charge >= 0.3 is 0 Å². The summed E-state index contributed by atoms with van der Waals surface area (Å²) >= 11 is 0. The monoisotopic (exact) mass is 284 g/mol. The Hall–Kier alpha value is -1.87. The largest absolute Gasteiger partial charge is 0.487 e. The van der Waals surface area contributed by atoms with Crippen LogP contribution in [0.4, 0.5) is 0 Å². The topological polar surface area (TPSA) is 34.1 Å². The molecule has 0 unspecified atom stereocenters. The number of aryl methyl sites for hydroxylation is 1. The van der Waals surface area contributed by atoms with Gasteiger partial charge in [-0.15, -0.1) is 0 Å². The van der Waals surface area contributed by atoms with Gasteiger partial charge in [-0.25, -0.2) is 0 Å². The standard InChI is InChI=1S/C18H24N2O/c1-14(2)19-12-10-16-7-4-5-8-17(16)13-21-18-9-6-11-20-15(18)3/h4-9,11,14,19H,10,12-13H2,1-3H3. The fourth-order valence-electron chi connectivity index (χ4n) is 2.22. The van der Waals surface area contributed by atoms with Crippen LogP contribution in [0.15, 0.2) is 42.6 Å². The van der Waals surface area contributed by atoms with E-state index in [4.69, 9.17) is 4.74 Å². The van der Waals surface area contributed by atoms with Crippen molar-refractivity contribution in [3.63, 3.8) is 0 Å². The minimum atomic E-state index is 0.520. The van der Waals surface area contributed by atoms with Crippen LogP contribution in [0.2, 0.25) is 0 Å². The zero-order valence-electron chi connectivity index (χ0n) is 13.1. The number of ether oxygens (including phenoxy) is 1. The van der Waals surface area contributed by atoms with Crippen LogP contribution in [0, 0.1) is 6.92 Å². The molecule has 3 nitrogen and oxygen atoms in total. The predicted octanol–water partition coefficient (Wildman–Crippen LogP) is 3.51. The van der Waals surface area contributed by atoms with Gasteiger partial charge in [0.1, 0.15) is 12.4 Å². The maximum Gasteiger partial charge on any atom is 0.141 e. The molecule has 0 radical (unpaired) electrons. The Labute approximate surface area is 127 Å².